The number of methoxy groups -OCH3 is 1. The molecule has 3 amide bonds. The summed E-state index contributed by atoms with van der Waals surface area (Å²) in [7, 11) is -1.53. The maximum absolute atomic E-state index is 12.4. The van der Waals surface area contributed by atoms with Gasteiger partial charge in [0.2, 0.25) is 5.91 Å². The molecule has 2 rings (SSSR count). The molecule has 0 radical (unpaired) electrons. The molecule has 1 unspecified atom stereocenters. The number of rotatable bonds is 8. The summed E-state index contributed by atoms with van der Waals surface area (Å²) in [6.45, 7) is 1.96. The largest absolute Gasteiger partial charge is 0.495 e. The Morgan fingerprint density at radius 2 is 2.00 bits per heavy atom. The Bertz CT molecular complexity index is 925. The number of carbonyl (C=O) groups excluding carboxylic acids is 2. The Labute approximate surface area is 163 Å². The van der Waals surface area contributed by atoms with E-state index in [1.54, 1.807) is 12.3 Å². The molecule has 0 aliphatic carbocycles. The van der Waals surface area contributed by atoms with Crippen molar-refractivity contribution in [2.45, 2.75) is 30.7 Å². The van der Waals surface area contributed by atoms with Gasteiger partial charge in [-0.2, -0.15) is 0 Å². The number of amides is 3. The van der Waals surface area contributed by atoms with Crippen molar-refractivity contribution in [3.63, 3.8) is 0 Å². The van der Waals surface area contributed by atoms with E-state index in [1.165, 1.54) is 26.3 Å². The molecular formula is C18H24N4O5S. The number of nitrogens with one attached hydrogen (secondary N) is 4. The molecule has 0 spiro atoms. The van der Waals surface area contributed by atoms with E-state index in [9.17, 15) is 18.0 Å². The second kappa shape index (κ2) is 9.27. The normalized spacial score (nSPS) is 12.1. The lowest BCUT2D eigenvalue weighted by Gasteiger charge is -2.16. The molecule has 1 aromatic carbocycles. The quantitative estimate of drug-likeness (QED) is 0.525. The van der Waals surface area contributed by atoms with E-state index in [4.69, 9.17) is 4.74 Å². The van der Waals surface area contributed by atoms with Gasteiger partial charge in [0, 0.05) is 19.4 Å². The monoisotopic (exact) mass is 408 g/mol. The minimum Gasteiger partial charge on any atom is -0.495 e. The number of hydrogen-bond donors (Lipinski definition) is 4. The predicted molar refractivity (Wildman–Crippen MR) is 103 cm³/mol. The van der Waals surface area contributed by atoms with Crippen LogP contribution in [0, 0.1) is 0 Å². The number of carbonyl (C=O) groups is 2. The molecular weight excluding hydrogens is 384 g/mol. The van der Waals surface area contributed by atoms with E-state index in [1.807, 2.05) is 23.9 Å². The van der Waals surface area contributed by atoms with Gasteiger partial charge in [0.15, 0.2) is 0 Å². The molecule has 152 valence electrons. The summed E-state index contributed by atoms with van der Waals surface area (Å²) in [6.07, 6.45) is 4.29. The van der Waals surface area contributed by atoms with Gasteiger partial charge in [-0.25, -0.2) is 17.9 Å². The Kier molecular flexibility index (Phi) is 7.05. The third-order valence-corrected chi connectivity index (χ3v) is 5.46. The number of H-pyrrole nitrogens is 1. The van der Waals surface area contributed by atoms with Crippen LogP contribution >= 0.6 is 0 Å². The third kappa shape index (κ3) is 5.26. The molecule has 1 heterocycles. The molecule has 10 heteroatoms. The fraction of sp³-hybridized carbons (Fsp3) is 0.333. The van der Waals surface area contributed by atoms with Crippen LogP contribution < -0.4 is 20.1 Å². The van der Waals surface area contributed by atoms with Crippen molar-refractivity contribution in [2.75, 3.05) is 14.2 Å². The molecule has 0 saturated carbocycles. The van der Waals surface area contributed by atoms with Crippen molar-refractivity contribution in [1.29, 1.82) is 0 Å². The van der Waals surface area contributed by atoms with Gasteiger partial charge in [0.25, 0.3) is 10.0 Å². The summed E-state index contributed by atoms with van der Waals surface area (Å²) in [6, 6.07) is 5.24. The number of sulfonamides is 1. The summed E-state index contributed by atoms with van der Waals surface area (Å²) in [5, 5.41) is 5.11. The second-order valence-corrected chi connectivity index (χ2v) is 7.67. The number of urea groups is 1. The van der Waals surface area contributed by atoms with Crippen LogP contribution in [0.15, 0.2) is 41.6 Å². The van der Waals surface area contributed by atoms with Crippen molar-refractivity contribution in [1.82, 2.24) is 20.3 Å². The fourth-order valence-electron chi connectivity index (χ4n) is 2.67. The van der Waals surface area contributed by atoms with Crippen molar-refractivity contribution in [3.05, 3.63) is 47.8 Å². The lowest BCUT2D eigenvalue weighted by molar-refractivity contribution is -0.121. The maximum Gasteiger partial charge on any atom is 0.328 e. The first-order valence-electron chi connectivity index (χ1n) is 8.64. The Hall–Kier alpha value is -3.01. The van der Waals surface area contributed by atoms with Gasteiger partial charge in [-0.1, -0.05) is 13.0 Å². The smallest absolute Gasteiger partial charge is 0.328 e. The first kappa shape index (κ1) is 21.3. The zero-order chi connectivity index (χ0) is 20.7. The highest BCUT2D eigenvalue weighted by atomic mass is 32.2. The van der Waals surface area contributed by atoms with Crippen LogP contribution in [0.3, 0.4) is 0 Å². The first-order valence-corrected chi connectivity index (χ1v) is 10.1. The summed E-state index contributed by atoms with van der Waals surface area (Å²) < 4.78 is 31.8. The number of aromatic amines is 1. The molecule has 0 aliphatic rings. The van der Waals surface area contributed by atoms with E-state index >= 15 is 0 Å². The summed E-state index contributed by atoms with van der Waals surface area (Å²) >= 11 is 0. The molecule has 0 fully saturated rings. The Morgan fingerprint density at radius 1 is 1.25 bits per heavy atom. The fourth-order valence-corrected chi connectivity index (χ4v) is 3.85. The predicted octanol–water partition coefficient (Wildman–Crippen LogP) is 1.45. The molecule has 1 atom stereocenters. The van der Waals surface area contributed by atoms with Gasteiger partial charge in [0.1, 0.15) is 10.6 Å². The van der Waals surface area contributed by atoms with Crippen molar-refractivity contribution < 1.29 is 22.7 Å². The van der Waals surface area contributed by atoms with Crippen molar-refractivity contribution in [3.8, 4) is 5.75 Å². The highest BCUT2D eigenvalue weighted by Gasteiger charge is 2.23. The molecule has 0 saturated heterocycles. The first-order chi connectivity index (χ1) is 13.3. The third-order valence-electron chi connectivity index (χ3n) is 4.10. The molecule has 1 aromatic heterocycles. The van der Waals surface area contributed by atoms with Crippen LogP contribution in [0.5, 0.6) is 5.75 Å². The summed E-state index contributed by atoms with van der Waals surface area (Å²) in [5.41, 5.74) is 1.43. The number of aromatic nitrogens is 1. The highest BCUT2D eigenvalue weighted by Crippen LogP contribution is 2.25. The van der Waals surface area contributed by atoms with Crippen LogP contribution in [-0.4, -0.2) is 39.5 Å². The van der Waals surface area contributed by atoms with Gasteiger partial charge in [-0.05, 0) is 35.7 Å². The summed E-state index contributed by atoms with van der Waals surface area (Å²) in [5.74, 6) is -0.180. The Balaban J connectivity index is 2.20. The van der Waals surface area contributed by atoms with Crippen LogP contribution in [0.1, 0.15) is 30.5 Å². The van der Waals surface area contributed by atoms with Gasteiger partial charge in [-0.15, -0.1) is 0 Å². The highest BCUT2D eigenvalue weighted by molar-refractivity contribution is 7.90. The molecule has 9 nitrogen and oxygen atoms in total. The lowest BCUT2D eigenvalue weighted by atomic mass is 10.1. The summed E-state index contributed by atoms with van der Waals surface area (Å²) in [4.78, 5) is 26.6. The molecule has 2 aromatic rings. The van der Waals surface area contributed by atoms with E-state index in [-0.39, 0.29) is 29.0 Å². The van der Waals surface area contributed by atoms with Crippen LogP contribution in [-0.2, 0) is 21.2 Å². The van der Waals surface area contributed by atoms with Gasteiger partial charge in [-0.3, -0.25) is 4.79 Å². The van der Waals surface area contributed by atoms with E-state index in [0.717, 1.165) is 5.56 Å². The average Bonchev–Trinajstić information content (AvgIpc) is 3.20. The maximum atomic E-state index is 12.4. The SMILES string of the molecule is CCC(NC(=O)Cc1ccc(OC)c(S(=O)(=O)NC(=O)NC)c1)c1cc[nH]c1. The standard InChI is InChI=1S/C18H24N4O5S/c1-4-14(13-7-8-20-11-13)21-17(23)10-12-5-6-15(27-3)16(9-12)28(25,26)22-18(24)19-2/h5-9,11,14,20H,4,10H2,1-3H3,(H,21,23)(H2,19,22,24). The number of benzene rings is 1. The molecule has 0 aliphatic heterocycles. The molecule has 4 N–H and O–H groups in total. The average molecular weight is 408 g/mol. The number of ether oxygens (including phenoxy) is 1. The molecule has 0 bridgehead atoms. The van der Waals surface area contributed by atoms with E-state index < -0.39 is 16.1 Å². The zero-order valence-electron chi connectivity index (χ0n) is 15.9. The molecule has 28 heavy (non-hydrogen) atoms. The van der Waals surface area contributed by atoms with Crippen molar-refractivity contribution >= 4 is 22.0 Å². The van der Waals surface area contributed by atoms with Gasteiger partial charge >= 0.3 is 6.03 Å². The topological polar surface area (TPSA) is 129 Å². The minimum atomic E-state index is -4.16. The van der Waals surface area contributed by atoms with E-state index in [2.05, 4.69) is 15.6 Å². The number of hydrogen-bond acceptors (Lipinski definition) is 5. The lowest BCUT2D eigenvalue weighted by Crippen LogP contribution is -2.37. The minimum absolute atomic E-state index is 0.0204. The van der Waals surface area contributed by atoms with Gasteiger partial charge < -0.3 is 20.4 Å². The van der Waals surface area contributed by atoms with Crippen molar-refractivity contribution in [2.24, 2.45) is 0 Å². The van der Waals surface area contributed by atoms with Crippen LogP contribution in [0.25, 0.3) is 0 Å². The zero-order valence-corrected chi connectivity index (χ0v) is 16.7. The van der Waals surface area contributed by atoms with Crippen LogP contribution in [0.4, 0.5) is 4.79 Å². The second-order valence-electron chi connectivity index (χ2n) is 6.02. The van der Waals surface area contributed by atoms with Crippen LogP contribution in [0.2, 0.25) is 0 Å². The Morgan fingerprint density at radius 3 is 2.57 bits per heavy atom. The van der Waals surface area contributed by atoms with E-state index in [0.29, 0.717) is 12.0 Å². The van der Waals surface area contributed by atoms with Gasteiger partial charge in [0.05, 0.1) is 19.6 Å².